The largest absolute Gasteiger partial charge is 0.487 e. The number of hydrogen-bond acceptors (Lipinski definition) is 4. The van der Waals surface area contributed by atoms with E-state index in [2.05, 4.69) is 21.1 Å². The second-order valence-corrected chi connectivity index (χ2v) is 5.84. The number of nitrogen functional groups attached to an aromatic ring is 1. The summed E-state index contributed by atoms with van der Waals surface area (Å²) < 4.78 is 11.7. The molecule has 0 radical (unpaired) electrons. The predicted octanol–water partition coefficient (Wildman–Crippen LogP) is 4.57. The number of anilines is 1. The third kappa shape index (κ3) is 2.99. The molecule has 0 saturated carbocycles. The van der Waals surface area contributed by atoms with Crippen molar-refractivity contribution in [3.63, 3.8) is 0 Å². The standard InChI is InChI=1S/C17H15BrN2O2/c1-11-7-13(14-9-20-22-17(14)19)8-15(18)16(11)21-10-12-5-3-2-4-6-12/h2-9H,10,19H2,1H3. The van der Waals surface area contributed by atoms with Crippen molar-refractivity contribution in [1.82, 2.24) is 5.16 Å². The average molecular weight is 359 g/mol. The van der Waals surface area contributed by atoms with Gasteiger partial charge in [-0.3, -0.25) is 0 Å². The zero-order chi connectivity index (χ0) is 15.5. The minimum atomic E-state index is 0.309. The van der Waals surface area contributed by atoms with Gasteiger partial charge in [0.2, 0.25) is 5.88 Å². The molecular formula is C17H15BrN2O2. The lowest BCUT2D eigenvalue weighted by Gasteiger charge is -2.13. The van der Waals surface area contributed by atoms with Crippen molar-refractivity contribution in [3.05, 3.63) is 64.3 Å². The maximum Gasteiger partial charge on any atom is 0.229 e. The Bertz CT molecular complexity index is 761. The molecule has 0 atom stereocenters. The van der Waals surface area contributed by atoms with Crippen LogP contribution in [0.4, 0.5) is 5.88 Å². The van der Waals surface area contributed by atoms with E-state index in [1.807, 2.05) is 49.4 Å². The van der Waals surface area contributed by atoms with Crippen LogP contribution in [0.25, 0.3) is 11.1 Å². The number of ether oxygens (including phenoxy) is 1. The lowest BCUT2D eigenvalue weighted by molar-refractivity contribution is 0.302. The Kier molecular flexibility index (Phi) is 4.15. The first-order valence-corrected chi connectivity index (χ1v) is 7.62. The van der Waals surface area contributed by atoms with Crippen molar-refractivity contribution in [1.29, 1.82) is 0 Å². The molecule has 22 heavy (non-hydrogen) atoms. The zero-order valence-electron chi connectivity index (χ0n) is 12.0. The van der Waals surface area contributed by atoms with Gasteiger partial charge in [-0.25, -0.2) is 0 Å². The molecule has 0 bridgehead atoms. The number of aromatic nitrogens is 1. The Labute approximate surface area is 137 Å². The first-order chi connectivity index (χ1) is 10.6. The van der Waals surface area contributed by atoms with Gasteiger partial charge in [-0.1, -0.05) is 35.5 Å². The van der Waals surface area contributed by atoms with Crippen molar-refractivity contribution in [2.24, 2.45) is 0 Å². The first-order valence-electron chi connectivity index (χ1n) is 6.82. The van der Waals surface area contributed by atoms with Crippen molar-refractivity contribution in [3.8, 4) is 16.9 Å². The van der Waals surface area contributed by atoms with Crippen LogP contribution in [0.3, 0.4) is 0 Å². The van der Waals surface area contributed by atoms with Gasteiger partial charge in [-0.2, -0.15) is 0 Å². The van der Waals surface area contributed by atoms with Crippen LogP contribution in [0.5, 0.6) is 5.75 Å². The Morgan fingerprint density at radius 1 is 1.23 bits per heavy atom. The number of nitrogens with zero attached hydrogens (tertiary/aromatic N) is 1. The summed E-state index contributed by atoms with van der Waals surface area (Å²) in [4.78, 5) is 0. The van der Waals surface area contributed by atoms with Crippen LogP contribution >= 0.6 is 15.9 Å². The van der Waals surface area contributed by atoms with E-state index < -0.39 is 0 Å². The highest BCUT2D eigenvalue weighted by Gasteiger charge is 2.13. The fourth-order valence-electron chi connectivity index (χ4n) is 2.26. The highest BCUT2D eigenvalue weighted by Crippen LogP contribution is 2.36. The Morgan fingerprint density at radius 3 is 2.64 bits per heavy atom. The number of halogens is 1. The fraction of sp³-hybridized carbons (Fsp3) is 0.118. The van der Waals surface area contributed by atoms with Crippen molar-refractivity contribution in [2.45, 2.75) is 13.5 Å². The molecule has 0 saturated heterocycles. The molecule has 112 valence electrons. The second-order valence-electron chi connectivity index (χ2n) is 4.98. The lowest BCUT2D eigenvalue weighted by atomic mass is 10.1. The van der Waals surface area contributed by atoms with Gasteiger partial charge in [0.05, 0.1) is 16.2 Å². The molecule has 0 amide bonds. The van der Waals surface area contributed by atoms with Gasteiger partial charge >= 0.3 is 0 Å². The number of rotatable bonds is 4. The Morgan fingerprint density at radius 2 is 2.00 bits per heavy atom. The molecule has 0 aliphatic carbocycles. The van der Waals surface area contributed by atoms with E-state index in [-0.39, 0.29) is 0 Å². The molecule has 0 unspecified atom stereocenters. The summed E-state index contributed by atoms with van der Waals surface area (Å²) in [5.41, 5.74) is 9.63. The maximum atomic E-state index is 5.94. The average Bonchev–Trinajstić information content (AvgIpc) is 2.93. The molecule has 3 rings (SSSR count). The van der Waals surface area contributed by atoms with Crippen molar-refractivity contribution >= 4 is 21.8 Å². The van der Waals surface area contributed by atoms with Crippen molar-refractivity contribution < 1.29 is 9.26 Å². The number of hydrogen-bond donors (Lipinski definition) is 1. The molecule has 5 heteroatoms. The summed E-state index contributed by atoms with van der Waals surface area (Å²) in [5.74, 6) is 1.13. The van der Waals surface area contributed by atoms with Gasteiger partial charge in [0, 0.05) is 0 Å². The molecule has 0 spiro atoms. The molecule has 1 heterocycles. The fourth-order valence-corrected chi connectivity index (χ4v) is 2.94. The summed E-state index contributed by atoms with van der Waals surface area (Å²) in [6, 6.07) is 14.0. The third-order valence-electron chi connectivity index (χ3n) is 3.36. The highest BCUT2D eigenvalue weighted by atomic mass is 79.9. The summed E-state index contributed by atoms with van der Waals surface area (Å²) in [6.07, 6.45) is 1.61. The van der Waals surface area contributed by atoms with Crippen LogP contribution in [0.1, 0.15) is 11.1 Å². The van der Waals surface area contributed by atoms with Gasteiger partial charge in [-0.15, -0.1) is 0 Å². The quantitative estimate of drug-likeness (QED) is 0.741. The third-order valence-corrected chi connectivity index (χ3v) is 3.95. The van der Waals surface area contributed by atoms with E-state index in [1.165, 1.54) is 0 Å². The Hall–Kier alpha value is -2.27. The van der Waals surface area contributed by atoms with Gasteiger partial charge in [0.25, 0.3) is 0 Å². The molecule has 0 aliphatic rings. The Balaban J connectivity index is 1.86. The van der Waals surface area contributed by atoms with Crippen molar-refractivity contribution in [2.75, 3.05) is 5.73 Å². The molecule has 4 nitrogen and oxygen atoms in total. The normalized spacial score (nSPS) is 10.6. The molecule has 0 aliphatic heterocycles. The lowest BCUT2D eigenvalue weighted by Crippen LogP contribution is -1.98. The van der Waals surface area contributed by atoms with Crippen LogP contribution in [0, 0.1) is 6.92 Å². The molecular weight excluding hydrogens is 344 g/mol. The number of benzene rings is 2. The topological polar surface area (TPSA) is 61.3 Å². The molecule has 2 aromatic carbocycles. The molecule has 2 N–H and O–H groups in total. The number of aryl methyl sites for hydroxylation is 1. The summed E-state index contributed by atoms with van der Waals surface area (Å²) >= 11 is 3.56. The molecule has 0 fully saturated rings. The predicted molar refractivity (Wildman–Crippen MR) is 89.6 cm³/mol. The second kappa shape index (κ2) is 6.23. The van der Waals surface area contributed by atoms with Crippen LogP contribution < -0.4 is 10.5 Å². The monoisotopic (exact) mass is 358 g/mol. The molecule has 3 aromatic rings. The van der Waals surface area contributed by atoms with Crippen LogP contribution in [0.15, 0.2) is 57.7 Å². The van der Waals surface area contributed by atoms with Gasteiger partial charge in [0.1, 0.15) is 12.4 Å². The van der Waals surface area contributed by atoms with Crippen LogP contribution in [0.2, 0.25) is 0 Å². The zero-order valence-corrected chi connectivity index (χ0v) is 13.6. The summed E-state index contributed by atoms with van der Waals surface area (Å²) in [5, 5.41) is 3.71. The van der Waals surface area contributed by atoms with E-state index in [4.69, 9.17) is 15.0 Å². The molecule has 1 aromatic heterocycles. The summed E-state index contributed by atoms with van der Waals surface area (Å²) in [7, 11) is 0. The van der Waals surface area contributed by atoms with Gasteiger partial charge in [-0.05, 0) is 51.7 Å². The number of nitrogens with two attached hydrogens (primary N) is 1. The summed E-state index contributed by atoms with van der Waals surface area (Å²) in [6.45, 7) is 2.52. The maximum absolute atomic E-state index is 5.94. The first kappa shape index (κ1) is 14.7. The highest BCUT2D eigenvalue weighted by molar-refractivity contribution is 9.10. The minimum Gasteiger partial charge on any atom is -0.487 e. The SMILES string of the molecule is Cc1cc(-c2cnoc2N)cc(Br)c1OCc1ccccc1. The van der Waals surface area contributed by atoms with Crippen LogP contribution in [-0.4, -0.2) is 5.16 Å². The van der Waals surface area contributed by atoms with E-state index >= 15 is 0 Å². The minimum absolute atomic E-state index is 0.309. The van der Waals surface area contributed by atoms with Gasteiger partial charge < -0.3 is 15.0 Å². The van der Waals surface area contributed by atoms with E-state index in [1.54, 1.807) is 6.20 Å². The van der Waals surface area contributed by atoms with Crippen LogP contribution in [-0.2, 0) is 6.61 Å². The van der Waals surface area contributed by atoms with E-state index in [0.717, 1.165) is 32.5 Å². The van der Waals surface area contributed by atoms with Gasteiger partial charge in [0.15, 0.2) is 0 Å². The van der Waals surface area contributed by atoms with E-state index in [9.17, 15) is 0 Å². The smallest absolute Gasteiger partial charge is 0.229 e. The van der Waals surface area contributed by atoms with E-state index in [0.29, 0.717) is 12.5 Å².